The van der Waals surface area contributed by atoms with Crippen molar-refractivity contribution in [1.82, 2.24) is 5.32 Å². The van der Waals surface area contributed by atoms with Crippen molar-refractivity contribution in [1.29, 1.82) is 0 Å². The highest BCUT2D eigenvalue weighted by Crippen LogP contribution is 2.15. The van der Waals surface area contributed by atoms with Crippen LogP contribution in [0.3, 0.4) is 0 Å². The Labute approximate surface area is 286 Å². The Hall–Kier alpha value is -1.17. The molecule has 0 aromatic rings. The van der Waals surface area contributed by atoms with Gasteiger partial charge in [-0.1, -0.05) is 192 Å². The molecule has 1 amide bonds. The van der Waals surface area contributed by atoms with E-state index in [1.807, 2.05) is 6.08 Å². The lowest BCUT2D eigenvalue weighted by Gasteiger charge is -2.21. The lowest BCUT2D eigenvalue weighted by Crippen LogP contribution is -2.45. The molecule has 0 radical (unpaired) electrons. The van der Waals surface area contributed by atoms with Crippen molar-refractivity contribution in [3.8, 4) is 0 Å². The van der Waals surface area contributed by atoms with E-state index < -0.39 is 18.2 Å². The lowest BCUT2D eigenvalue weighted by molar-refractivity contribution is -0.124. The van der Waals surface area contributed by atoms with E-state index >= 15 is 0 Å². The van der Waals surface area contributed by atoms with Crippen LogP contribution in [-0.2, 0) is 4.79 Å². The summed E-state index contributed by atoms with van der Waals surface area (Å²) in [7, 11) is 0. The van der Waals surface area contributed by atoms with E-state index in [0.29, 0.717) is 6.42 Å². The molecular formula is C41H79NO4. The van der Waals surface area contributed by atoms with Crippen molar-refractivity contribution in [2.75, 3.05) is 6.61 Å². The van der Waals surface area contributed by atoms with Gasteiger partial charge in [-0.05, 0) is 32.1 Å². The van der Waals surface area contributed by atoms with Gasteiger partial charge in [-0.3, -0.25) is 4.79 Å². The number of allylic oxidation sites excluding steroid dienone is 3. The van der Waals surface area contributed by atoms with Gasteiger partial charge in [-0.15, -0.1) is 0 Å². The second-order valence-corrected chi connectivity index (χ2v) is 13.9. The van der Waals surface area contributed by atoms with Gasteiger partial charge in [-0.25, -0.2) is 0 Å². The minimum Gasteiger partial charge on any atom is -0.394 e. The second kappa shape index (κ2) is 36.7. The summed E-state index contributed by atoms with van der Waals surface area (Å²) in [6.45, 7) is 4.17. The third-order valence-corrected chi connectivity index (χ3v) is 9.24. The molecule has 0 aliphatic heterocycles. The molecule has 0 aliphatic rings. The van der Waals surface area contributed by atoms with Crippen LogP contribution in [0.1, 0.15) is 206 Å². The fraction of sp³-hybridized carbons (Fsp3) is 0.878. The highest BCUT2D eigenvalue weighted by Gasteiger charge is 2.20. The molecular weight excluding hydrogens is 570 g/mol. The van der Waals surface area contributed by atoms with Gasteiger partial charge < -0.3 is 20.6 Å². The number of aliphatic hydroxyl groups is 3. The van der Waals surface area contributed by atoms with E-state index in [1.165, 1.54) is 148 Å². The number of nitrogens with one attached hydrogen (secondary N) is 1. The molecule has 46 heavy (non-hydrogen) atoms. The minimum absolute atomic E-state index is 0.00761. The summed E-state index contributed by atoms with van der Waals surface area (Å²) in [6.07, 6.45) is 43.3. The van der Waals surface area contributed by atoms with Crippen molar-refractivity contribution in [3.63, 3.8) is 0 Å². The van der Waals surface area contributed by atoms with Crippen LogP contribution in [0.5, 0.6) is 0 Å². The second-order valence-electron chi connectivity index (χ2n) is 13.9. The summed E-state index contributed by atoms with van der Waals surface area (Å²) in [5, 5.41) is 32.9. The molecule has 0 fully saturated rings. The predicted molar refractivity (Wildman–Crippen MR) is 199 cm³/mol. The Bertz CT molecular complexity index is 679. The SMILES string of the molecule is CCCCCCCCCCCCCCCCCCC/C=C/CC/C=C/C(O)C(CO)NC(=O)CC(O)CCCCCCCCCC. The molecule has 0 saturated carbocycles. The molecule has 0 aromatic heterocycles. The van der Waals surface area contributed by atoms with Crippen LogP contribution in [0.2, 0.25) is 0 Å². The number of carbonyl (C=O) groups is 1. The summed E-state index contributed by atoms with van der Waals surface area (Å²) >= 11 is 0. The Morgan fingerprint density at radius 2 is 0.935 bits per heavy atom. The quantitative estimate of drug-likeness (QED) is 0.0401. The first-order chi connectivity index (χ1) is 22.5. The smallest absolute Gasteiger partial charge is 0.222 e. The summed E-state index contributed by atoms with van der Waals surface area (Å²) in [5.74, 6) is -0.328. The number of hydrogen-bond acceptors (Lipinski definition) is 4. The molecule has 0 bridgehead atoms. The van der Waals surface area contributed by atoms with Crippen molar-refractivity contribution in [3.05, 3.63) is 24.3 Å². The maximum absolute atomic E-state index is 12.3. The zero-order valence-electron chi connectivity index (χ0n) is 30.7. The van der Waals surface area contributed by atoms with Gasteiger partial charge in [0, 0.05) is 0 Å². The van der Waals surface area contributed by atoms with E-state index in [2.05, 4.69) is 31.3 Å². The van der Waals surface area contributed by atoms with Gasteiger partial charge in [-0.2, -0.15) is 0 Å². The van der Waals surface area contributed by atoms with E-state index in [-0.39, 0.29) is 18.9 Å². The van der Waals surface area contributed by atoms with Crippen molar-refractivity contribution in [2.24, 2.45) is 0 Å². The molecule has 4 N–H and O–H groups in total. The fourth-order valence-corrected chi connectivity index (χ4v) is 6.12. The number of amides is 1. The average Bonchev–Trinajstić information content (AvgIpc) is 3.05. The third-order valence-electron chi connectivity index (χ3n) is 9.24. The zero-order valence-corrected chi connectivity index (χ0v) is 30.7. The van der Waals surface area contributed by atoms with Crippen LogP contribution in [-0.4, -0.2) is 46.1 Å². The van der Waals surface area contributed by atoms with E-state index in [4.69, 9.17) is 0 Å². The standard InChI is InChI=1S/C41H79NO4/c1-3-5-7-9-11-13-14-15-16-17-18-19-20-21-22-23-24-25-26-27-29-31-33-35-40(45)39(37-43)42-41(46)36-38(44)34-32-30-28-12-10-8-6-4-2/h26-27,33,35,38-40,43-45H,3-25,28-32,34,36-37H2,1-2H3,(H,42,46)/b27-26+,35-33+. The highest BCUT2D eigenvalue weighted by molar-refractivity contribution is 5.76. The Balaban J connectivity index is 3.66. The monoisotopic (exact) mass is 650 g/mol. The van der Waals surface area contributed by atoms with Crippen molar-refractivity contribution < 1.29 is 20.1 Å². The van der Waals surface area contributed by atoms with Crippen LogP contribution < -0.4 is 5.32 Å². The maximum atomic E-state index is 12.3. The molecule has 3 unspecified atom stereocenters. The first-order valence-electron chi connectivity index (χ1n) is 20.1. The Morgan fingerprint density at radius 1 is 0.543 bits per heavy atom. The van der Waals surface area contributed by atoms with E-state index in [9.17, 15) is 20.1 Å². The van der Waals surface area contributed by atoms with Crippen LogP contribution in [0.25, 0.3) is 0 Å². The fourth-order valence-electron chi connectivity index (χ4n) is 6.12. The van der Waals surface area contributed by atoms with Crippen LogP contribution in [0, 0.1) is 0 Å². The number of unbranched alkanes of at least 4 members (excludes halogenated alkanes) is 25. The van der Waals surface area contributed by atoms with E-state index in [0.717, 1.165) is 32.1 Å². The molecule has 272 valence electrons. The summed E-state index contributed by atoms with van der Waals surface area (Å²) in [6, 6.07) is -0.755. The van der Waals surface area contributed by atoms with E-state index in [1.54, 1.807) is 6.08 Å². The zero-order chi connectivity index (χ0) is 33.8. The predicted octanol–water partition coefficient (Wildman–Crippen LogP) is 11.0. The van der Waals surface area contributed by atoms with Crippen molar-refractivity contribution in [2.45, 2.75) is 225 Å². The van der Waals surface area contributed by atoms with Crippen molar-refractivity contribution >= 4 is 5.91 Å². The first kappa shape index (κ1) is 44.8. The molecule has 0 heterocycles. The number of carbonyl (C=O) groups excluding carboxylic acids is 1. The largest absolute Gasteiger partial charge is 0.394 e. The van der Waals surface area contributed by atoms with Gasteiger partial charge in [0.1, 0.15) is 0 Å². The third kappa shape index (κ3) is 32.8. The lowest BCUT2D eigenvalue weighted by atomic mass is 10.0. The maximum Gasteiger partial charge on any atom is 0.222 e. The van der Waals surface area contributed by atoms with Crippen LogP contribution in [0.4, 0.5) is 0 Å². The topological polar surface area (TPSA) is 89.8 Å². The van der Waals surface area contributed by atoms with Gasteiger partial charge in [0.25, 0.3) is 0 Å². The number of aliphatic hydroxyl groups excluding tert-OH is 3. The summed E-state index contributed by atoms with van der Waals surface area (Å²) < 4.78 is 0. The first-order valence-corrected chi connectivity index (χ1v) is 20.1. The molecule has 3 atom stereocenters. The average molecular weight is 650 g/mol. The molecule has 0 saturated heterocycles. The van der Waals surface area contributed by atoms with Gasteiger partial charge >= 0.3 is 0 Å². The highest BCUT2D eigenvalue weighted by atomic mass is 16.3. The molecule has 5 heteroatoms. The van der Waals surface area contributed by atoms with Gasteiger partial charge in [0.2, 0.25) is 5.91 Å². The van der Waals surface area contributed by atoms with Crippen LogP contribution >= 0.6 is 0 Å². The number of hydrogen-bond donors (Lipinski definition) is 4. The summed E-state index contributed by atoms with van der Waals surface area (Å²) in [4.78, 5) is 12.3. The Morgan fingerprint density at radius 3 is 1.39 bits per heavy atom. The molecule has 0 spiro atoms. The molecule has 0 aromatic carbocycles. The molecule has 0 aliphatic carbocycles. The van der Waals surface area contributed by atoms with Gasteiger partial charge in [0.05, 0.1) is 31.3 Å². The molecule has 5 nitrogen and oxygen atoms in total. The van der Waals surface area contributed by atoms with Gasteiger partial charge in [0.15, 0.2) is 0 Å². The molecule has 0 rings (SSSR count). The minimum atomic E-state index is -0.947. The Kier molecular flexibility index (Phi) is 35.7. The summed E-state index contributed by atoms with van der Waals surface area (Å²) in [5.41, 5.74) is 0. The number of rotatable bonds is 36. The van der Waals surface area contributed by atoms with Crippen LogP contribution in [0.15, 0.2) is 24.3 Å². The normalized spacial score (nSPS) is 13.9.